The predicted molar refractivity (Wildman–Crippen MR) is 41.4 cm³/mol. The van der Waals surface area contributed by atoms with Crippen LogP contribution in [0.2, 0.25) is 0 Å². The van der Waals surface area contributed by atoms with E-state index in [0.717, 1.165) is 0 Å². The molecule has 0 spiro atoms. The Kier molecular flexibility index (Phi) is 5.48. The molecule has 0 heterocycles. The van der Waals surface area contributed by atoms with Crippen LogP contribution in [0.25, 0.3) is 0 Å². The van der Waals surface area contributed by atoms with Gasteiger partial charge in [0.25, 0.3) is 6.43 Å². The number of aliphatic hydroxyl groups is 1. The van der Waals surface area contributed by atoms with Crippen molar-refractivity contribution in [3.05, 3.63) is 0 Å². The molecular formula is C6H13F2N3O. The van der Waals surface area contributed by atoms with E-state index in [-0.39, 0.29) is 25.5 Å². The van der Waals surface area contributed by atoms with Crippen molar-refractivity contribution in [2.75, 3.05) is 26.2 Å². The van der Waals surface area contributed by atoms with Gasteiger partial charge >= 0.3 is 0 Å². The molecule has 0 amide bonds. The van der Waals surface area contributed by atoms with Crippen LogP contribution in [-0.2, 0) is 0 Å². The summed E-state index contributed by atoms with van der Waals surface area (Å²) in [6, 6.07) is 0. The number of nitrogens with two attached hydrogens (primary N) is 1. The largest absolute Gasteiger partial charge is 0.395 e. The molecule has 0 rings (SSSR count). The van der Waals surface area contributed by atoms with Crippen LogP contribution in [0, 0.1) is 5.41 Å². The topological polar surface area (TPSA) is 73.3 Å². The van der Waals surface area contributed by atoms with Crippen molar-refractivity contribution in [3.8, 4) is 0 Å². The van der Waals surface area contributed by atoms with Crippen LogP contribution in [0.4, 0.5) is 8.78 Å². The summed E-state index contributed by atoms with van der Waals surface area (Å²) in [5.74, 6) is -0.177. The van der Waals surface area contributed by atoms with E-state index in [9.17, 15) is 8.78 Å². The van der Waals surface area contributed by atoms with E-state index in [2.05, 4.69) is 0 Å². The maximum Gasteiger partial charge on any atom is 0.251 e. The number of hydrogen-bond donors (Lipinski definition) is 3. The Balaban J connectivity index is 3.77. The number of halogens is 2. The molecule has 4 N–H and O–H groups in total. The van der Waals surface area contributed by atoms with Crippen molar-refractivity contribution >= 4 is 5.84 Å². The predicted octanol–water partition coefficient (Wildman–Crippen LogP) is -0.518. The van der Waals surface area contributed by atoms with Crippen LogP contribution in [0.5, 0.6) is 0 Å². The van der Waals surface area contributed by atoms with Crippen molar-refractivity contribution in [3.63, 3.8) is 0 Å². The lowest BCUT2D eigenvalue weighted by molar-refractivity contribution is 0.0862. The van der Waals surface area contributed by atoms with Crippen LogP contribution < -0.4 is 5.73 Å². The van der Waals surface area contributed by atoms with Gasteiger partial charge in [0.15, 0.2) is 0 Å². The minimum atomic E-state index is -2.46. The Morgan fingerprint density at radius 3 is 2.50 bits per heavy atom. The summed E-state index contributed by atoms with van der Waals surface area (Å²) in [5.41, 5.74) is 5.01. The maximum atomic E-state index is 11.8. The minimum Gasteiger partial charge on any atom is -0.395 e. The van der Waals surface area contributed by atoms with Gasteiger partial charge in [0, 0.05) is 6.54 Å². The SMILES string of the molecule is N=C(N)CN(CCO)CC(F)F. The molecular weight excluding hydrogens is 168 g/mol. The van der Waals surface area contributed by atoms with Crippen molar-refractivity contribution in [2.24, 2.45) is 5.73 Å². The summed E-state index contributed by atoms with van der Waals surface area (Å²) in [4.78, 5) is 1.23. The molecule has 0 aromatic carbocycles. The van der Waals surface area contributed by atoms with E-state index < -0.39 is 13.0 Å². The molecule has 0 fully saturated rings. The molecule has 0 aliphatic carbocycles. The first-order valence-electron chi connectivity index (χ1n) is 3.50. The second-order valence-corrected chi connectivity index (χ2v) is 2.38. The van der Waals surface area contributed by atoms with Crippen LogP contribution >= 0.6 is 0 Å². The van der Waals surface area contributed by atoms with Gasteiger partial charge in [0.1, 0.15) is 5.84 Å². The van der Waals surface area contributed by atoms with Crippen molar-refractivity contribution in [2.45, 2.75) is 6.43 Å². The Hall–Kier alpha value is -0.750. The fraction of sp³-hybridized carbons (Fsp3) is 0.833. The molecule has 0 saturated carbocycles. The first-order chi connectivity index (χ1) is 5.56. The second kappa shape index (κ2) is 5.84. The van der Waals surface area contributed by atoms with Gasteiger partial charge in [-0.05, 0) is 0 Å². The zero-order valence-corrected chi connectivity index (χ0v) is 6.63. The van der Waals surface area contributed by atoms with Gasteiger partial charge in [-0.25, -0.2) is 8.78 Å². The first-order valence-corrected chi connectivity index (χ1v) is 3.50. The summed E-state index contributed by atoms with van der Waals surface area (Å²) < 4.78 is 23.6. The molecule has 0 atom stereocenters. The van der Waals surface area contributed by atoms with Crippen LogP contribution in [0.1, 0.15) is 0 Å². The minimum absolute atomic E-state index is 0.0229. The normalized spacial score (nSPS) is 11.1. The highest BCUT2D eigenvalue weighted by Gasteiger charge is 2.11. The highest BCUT2D eigenvalue weighted by Crippen LogP contribution is 1.96. The van der Waals surface area contributed by atoms with Crippen molar-refractivity contribution in [1.82, 2.24) is 4.90 Å². The van der Waals surface area contributed by atoms with Gasteiger partial charge in [-0.2, -0.15) is 0 Å². The van der Waals surface area contributed by atoms with Crippen molar-refractivity contribution < 1.29 is 13.9 Å². The summed E-state index contributed by atoms with van der Waals surface area (Å²) >= 11 is 0. The molecule has 0 bridgehead atoms. The average molecular weight is 181 g/mol. The second-order valence-electron chi connectivity index (χ2n) is 2.38. The third-order valence-corrected chi connectivity index (χ3v) is 1.21. The molecule has 12 heavy (non-hydrogen) atoms. The quantitative estimate of drug-likeness (QED) is 0.381. The van der Waals surface area contributed by atoms with Crippen LogP contribution in [-0.4, -0.2) is 48.5 Å². The number of hydrogen-bond acceptors (Lipinski definition) is 3. The summed E-state index contributed by atoms with van der Waals surface area (Å²) in [5, 5.41) is 15.3. The van der Waals surface area contributed by atoms with Crippen LogP contribution in [0.3, 0.4) is 0 Å². The maximum absolute atomic E-state index is 11.8. The number of rotatable bonds is 6. The molecule has 0 unspecified atom stereocenters. The Labute approximate surface area is 69.5 Å². The van der Waals surface area contributed by atoms with Gasteiger partial charge in [-0.15, -0.1) is 0 Å². The Morgan fingerprint density at radius 2 is 2.17 bits per heavy atom. The van der Waals surface area contributed by atoms with E-state index in [4.69, 9.17) is 16.2 Å². The Morgan fingerprint density at radius 1 is 1.58 bits per heavy atom. The highest BCUT2D eigenvalue weighted by atomic mass is 19.3. The number of alkyl halides is 2. The molecule has 0 radical (unpaired) electrons. The number of nitrogens with zero attached hydrogens (tertiary/aromatic N) is 1. The summed E-state index contributed by atoms with van der Waals surface area (Å²) in [7, 11) is 0. The van der Waals surface area contributed by atoms with E-state index in [1.54, 1.807) is 0 Å². The van der Waals surface area contributed by atoms with Gasteiger partial charge in [0.2, 0.25) is 0 Å². The highest BCUT2D eigenvalue weighted by molar-refractivity contribution is 5.78. The molecule has 4 nitrogen and oxygen atoms in total. The van der Waals surface area contributed by atoms with Crippen LogP contribution in [0.15, 0.2) is 0 Å². The van der Waals surface area contributed by atoms with E-state index in [0.29, 0.717) is 0 Å². The molecule has 72 valence electrons. The third-order valence-electron chi connectivity index (χ3n) is 1.21. The van der Waals surface area contributed by atoms with E-state index in [1.165, 1.54) is 4.90 Å². The zero-order valence-electron chi connectivity index (χ0n) is 6.63. The van der Waals surface area contributed by atoms with E-state index in [1.807, 2.05) is 0 Å². The fourth-order valence-electron chi connectivity index (χ4n) is 0.812. The lowest BCUT2D eigenvalue weighted by atomic mass is 10.4. The lowest BCUT2D eigenvalue weighted by Gasteiger charge is -2.19. The number of amidine groups is 1. The fourth-order valence-corrected chi connectivity index (χ4v) is 0.812. The molecule has 0 saturated heterocycles. The standard InChI is InChI=1S/C6H13F2N3O/c7-5(8)3-11(1-2-12)4-6(9)10/h5,12H,1-4H2,(H3,9,10). The van der Waals surface area contributed by atoms with E-state index >= 15 is 0 Å². The van der Waals surface area contributed by atoms with Gasteiger partial charge < -0.3 is 10.8 Å². The molecule has 6 heteroatoms. The van der Waals surface area contributed by atoms with Gasteiger partial charge in [0.05, 0.1) is 19.7 Å². The average Bonchev–Trinajstić information content (AvgIpc) is 1.84. The number of nitrogens with one attached hydrogen (secondary N) is 1. The Bertz CT molecular complexity index is 143. The zero-order chi connectivity index (χ0) is 9.56. The summed E-state index contributed by atoms with van der Waals surface area (Å²) in [6.45, 7) is -0.574. The smallest absolute Gasteiger partial charge is 0.251 e. The van der Waals surface area contributed by atoms with Gasteiger partial charge in [-0.3, -0.25) is 10.3 Å². The molecule has 0 aliphatic rings. The molecule has 0 aromatic heterocycles. The third kappa shape index (κ3) is 5.99. The monoisotopic (exact) mass is 181 g/mol. The summed E-state index contributed by atoms with van der Waals surface area (Å²) in [6.07, 6.45) is -2.46. The van der Waals surface area contributed by atoms with Gasteiger partial charge in [-0.1, -0.05) is 0 Å². The lowest BCUT2D eigenvalue weighted by Crippen LogP contribution is -2.38. The molecule has 0 aliphatic heterocycles. The van der Waals surface area contributed by atoms with Crippen molar-refractivity contribution in [1.29, 1.82) is 5.41 Å². The molecule has 0 aromatic rings. The first kappa shape index (κ1) is 11.2. The number of aliphatic hydroxyl groups excluding tert-OH is 1.